The standard InChI is InChI=1S/C16H13BrFN7O/c17-10-3-6-12(20-7-10)23-14-13(19)15(22-8-21-14)24-25-16(26)9-1-4-11(18)5-2-9/h1-8H,19H2,(H,25,26)(H2,20,21,22,23,24). The van der Waals surface area contributed by atoms with Crippen molar-refractivity contribution in [3.63, 3.8) is 0 Å². The number of halogens is 2. The number of pyridine rings is 1. The van der Waals surface area contributed by atoms with Gasteiger partial charge in [-0.1, -0.05) is 0 Å². The summed E-state index contributed by atoms with van der Waals surface area (Å²) < 4.78 is 13.7. The van der Waals surface area contributed by atoms with Crippen LogP contribution in [0.4, 0.5) is 27.5 Å². The Morgan fingerprint density at radius 3 is 2.46 bits per heavy atom. The van der Waals surface area contributed by atoms with Crippen molar-refractivity contribution in [3.05, 3.63) is 64.8 Å². The molecule has 0 fully saturated rings. The zero-order valence-electron chi connectivity index (χ0n) is 13.2. The summed E-state index contributed by atoms with van der Waals surface area (Å²) in [7, 11) is 0. The Kier molecular flexibility index (Phi) is 5.23. The first kappa shape index (κ1) is 17.5. The van der Waals surface area contributed by atoms with E-state index in [0.29, 0.717) is 11.6 Å². The van der Waals surface area contributed by atoms with Gasteiger partial charge >= 0.3 is 0 Å². The molecule has 2 heterocycles. The molecule has 3 aromatic rings. The number of hydrazine groups is 1. The van der Waals surface area contributed by atoms with Gasteiger partial charge in [0.2, 0.25) is 0 Å². The van der Waals surface area contributed by atoms with Crippen LogP contribution in [0.2, 0.25) is 0 Å². The average Bonchev–Trinajstić information content (AvgIpc) is 2.64. The molecule has 0 saturated heterocycles. The van der Waals surface area contributed by atoms with Crippen molar-refractivity contribution in [1.29, 1.82) is 0 Å². The summed E-state index contributed by atoms with van der Waals surface area (Å²) in [6.07, 6.45) is 2.91. The van der Waals surface area contributed by atoms with E-state index in [4.69, 9.17) is 5.73 Å². The molecular weight excluding hydrogens is 405 g/mol. The number of hydrogen-bond donors (Lipinski definition) is 4. The summed E-state index contributed by atoms with van der Waals surface area (Å²) in [5.41, 5.74) is 11.6. The number of nitrogens with zero attached hydrogens (tertiary/aromatic N) is 3. The summed E-state index contributed by atoms with van der Waals surface area (Å²) in [4.78, 5) is 24.3. The number of benzene rings is 1. The first-order valence-electron chi connectivity index (χ1n) is 7.34. The van der Waals surface area contributed by atoms with Gasteiger partial charge in [0.05, 0.1) is 0 Å². The van der Waals surface area contributed by atoms with E-state index in [1.54, 1.807) is 12.3 Å². The first-order valence-corrected chi connectivity index (χ1v) is 8.13. The summed E-state index contributed by atoms with van der Waals surface area (Å²) in [6, 6.07) is 8.68. The zero-order chi connectivity index (χ0) is 18.5. The van der Waals surface area contributed by atoms with Crippen LogP contribution in [0.15, 0.2) is 53.4 Å². The van der Waals surface area contributed by atoms with Crippen molar-refractivity contribution in [2.75, 3.05) is 16.5 Å². The second kappa shape index (κ2) is 7.74. The molecular formula is C16H13BrFN7O. The number of anilines is 4. The second-order valence-electron chi connectivity index (χ2n) is 5.06. The number of carbonyl (C=O) groups is 1. The van der Waals surface area contributed by atoms with Crippen molar-refractivity contribution >= 4 is 45.0 Å². The van der Waals surface area contributed by atoms with E-state index in [-0.39, 0.29) is 17.1 Å². The quantitative estimate of drug-likeness (QED) is 0.471. The van der Waals surface area contributed by atoms with E-state index < -0.39 is 11.7 Å². The maximum atomic E-state index is 12.9. The van der Waals surface area contributed by atoms with E-state index in [1.165, 1.54) is 30.6 Å². The topological polar surface area (TPSA) is 118 Å². The Hall–Kier alpha value is -3.27. The van der Waals surface area contributed by atoms with Crippen LogP contribution in [0.3, 0.4) is 0 Å². The molecule has 1 amide bonds. The summed E-state index contributed by atoms with van der Waals surface area (Å²) in [5.74, 6) is 0.183. The van der Waals surface area contributed by atoms with Crippen LogP contribution in [-0.2, 0) is 0 Å². The molecule has 0 saturated carbocycles. The molecule has 3 rings (SSSR count). The highest BCUT2D eigenvalue weighted by Gasteiger charge is 2.11. The maximum Gasteiger partial charge on any atom is 0.269 e. The van der Waals surface area contributed by atoms with Gasteiger partial charge in [0.15, 0.2) is 11.6 Å². The number of nitrogens with one attached hydrogen (secondary N) is 3. The molecule has 26 heavy (non-hydrogen) atoms. The van der Waals surface area contributed by atoms with Crippen LogP contribution in [0.25, 0.3) is 0 Å². The molecule has 0 aliphatic carbocycles. The van der Waals surface area contributed by atoms with Crippen molar-refractivity contribution in [2.45, 2.75) is 0 Å². The molecule has 132 valence electrons. The van der Waals surface area contributed by atoms with Crippen LogP contribution in [0, 0.1) is 5.82 Å². The van der Waals surface area contributed by atoms with Gasteiger partial charge in [-0.3, -0.25) is 15.6 Å². The lowest BCUT2D eigenvalue weighted by Crippen LogP contribution is -2.30. The number of hydrogen-bond acceptors (Lipinski definition) is 7. The third-order valence-corrected chi connectivity index (χ3v) is 3.73. The normalized spacial score (nSPS) is 10.2. The molecule has 0 aliphatic rings. The fraction of sp³-hybridized carbons (Fsp3) is 0. The number of aromatic nitrogens is 3. The molecule has 0 unspecified atom stereocenters. The van der Waals surface area contributed by atoms with Crippen molar-refractivity contribution in [2.24, 2.45) is 0 Å². The van der Waals surface area contributed by atoms with Crippen molar-refractivity contribution in [1.82, 2.24) is 20.4 Å². The predicted octanol–water partition coefficient (Wildman–Crippen LogP) is 2.86. The van der Waals surface area contributed by atoms with Gasteiger partial charge in [-0.25, -0.2) is 19.3 Å². The lowest BCUT2D eigenvalue weighted by atomic mass is 10.2. The predicted molar refractivity (Wildman–Crippen MR) is 99.2 cm³/mol. The van der Waals surface area contributed by atoms with Gasteiger partial charge in [0.1, 0.15) is 23.6 Å². The Bertz CT molecular complexity index is 919. The number of nitrogen functional groups attached to an aromatic ring is 1. The van der Waals surface area contributed by atoms with Gasteiger partial charge < -0.3 is 11.1 Å². The molecule has 8 nitrogen and oxygen atoms in total. The van der Waals surface area contributed by atoms with E-state index in [1.807, 2.05) is 6.07 Å². The SMILES string of the molecule is Nc1c(NNC(=O)c2ccc(F)cc2)ncnc1Nc1ccc(Br)cn1. The minimum Gasteiger partial charge on any atom is -0.393 e. The van der Waals surface area contributed by atoms with Crippen LogP contribution < -0.4 is 21.9 Å². The molecule has 0 radical (unpaired) electrons. The summed E-state index contributed by atoms with van der Waals surface area (Å²) >= 11 is 3.30. The van der Waals surface area contributed by atoms with Gasteiger partial charge in [-0.15, -0.1) is 0 Å². The molecule has 0 atom stereocenters. The Morgan fingerprint density at radius 1 is 1.04 bits per heavy atom. The Labute approximate surface area is 156 Å². The van der Waals surface area contributed by atoms with E-state index >= 15 is 0 Å². The van der Waals surface area contributed by atoms with Crippen molar-refractivity contribution in [3.8, 4) is 0 Å². The molecule has 2 aromatic heterocycles. The third-order valence-electron chi connectivity index (χ3n) is 3.26. The third kappa shape index (κ3) is 4.22. The second-order valence-corrected chi connectivity index (χ2v) is 5.97. The van der Waals surface area contributed by atoms with Crippen LogP contribution in [0.1, 0.15) is 10.4 Å². The molecule has 1 aromatic carbocycles. The minimum atomic E-state index is -0.466. The molecule has 0 spiro atoms. The minimum absolute atomic E-state index is 0.191. The molecule has 5 N–H and O–H groups in total. The monoisotopic (exact) mass is 417 g/mol. The fourth-order valence-corrected chi connectivity index (χ4v) is 2.19. The van der Waals surface area contributed by atoms with E-state index in [0.717, 1.165) is 4.47 Å². The first-order chi connectivity index (χ1) is 12.5. The zero-order valence-corrected chi connectivity index (χ0v) is 14.8. The number of carbonyl (C=O) groups excluding carboxylic acids is 1. The Balaban J connectivity index is 1.69. The van der Waals surface area contributed by atoms with Gasteiger partial charge in [0.25, 0.3) is 5.91 Å². The lowest BCUT2D eigenvalue weighted by molar-refractivity contribution is 0.0962. The van der Waals surface area contributed by atoms with Gasteiger partial charge in [-0.05, 0) is 52.3 Å². The lowest BCUT2D eigenvalue weighted by Gasteiger charge is -2.13. The average molecular weight is 418 g/mol. The summed E-state index contributed by atoms with van der Waals surface area (Å²) in [6.45, 7) is 0. The van der Waals surface area contributed by atoms with E-state index in [9.17, 15) is 9.18 Å². The van der Waals surface area contributed by atoms with Gasteiger partial charge in [0, 0.05) is 16.2 Å². The highest BCUT2D eigenvalue weighted by molar-refractivity contribution is 9.10. The van der Waals surface area contributed by atoms with Crippen molar-refractivity contribution < 1.29 is 9.18 Å². The maximum absolute atomic E-state index is 12.9. The molecule has 10 heteroatoms. The fourth-order valence-electron chi connectivity index (χ4n) is 1.96. The van der Waals surface area contributed by atoms with Crippen LogP contribution >= 0.6 is 15.9 Å². The summed E-state index contributed by atoms with van der Waals surface area (Å²) in [5, 5.41) is 2.96. The van der Waals surface area contributed by atoms with Gasteiger partial charge in [-0.2, -0.15) is 0 Å². The number of rotatable bonds is 5. The Morgan fingerprint density at radius 2 is 1.77 bits per heavy atom. The van der Waals surface area contributed by atoms with Crippen LogP contribution in [0.5, 0.6) is 0 Å². The smallest absolute Gasteiger partial charge is 0.269 e. The van der Waals surface area contributed by atoms with Crippen LogP contribution in [-0.4, -0.2) is 20.9 Å². The highest BCUT2D eigenvalue weighted by atomic mass is 79.9. The number of nitrogens with two attached hydrogens (primary N) is 1. The number of amides is 1. The largest absolute Gasteiger partial charge is 0.393 e. The molecule has 0 aliphatic heterocycles. The molecule has 0 bridgehead atoms. The van der Waals surface area contributed by atoms with E-state index in [2.05, 4.69) is 47.1 Å². The highest BCUT2D eigenvalue weighted by Crippen LogP contribution is 2.24.